The summed E-state index contributed by atoms with van der Waals surface area (Å²) in [5.41, 5.74) is -0.700. The van der Waals surface area contributed by atoms with Crippen LogP contribution in [0.4, 0.5) is 0 Å². The van der Waals surface area contributed by atoms with Gasteiger partial charge in [-0.05, 0) is 17.7 Å². The van der Waals surface area contributed by atoms with Gasteiger partial charge in [-0.2, -0.15) is 10.2 Å². The lowest BCUT2D eigenvalue weighted by Gasteiger charge is -2.28. The fourth-order valence-electron chi connectivity index (χ4n) is 2.80. The number of ether oxygens (including phenoxy) is 4. The molecule has 0 saturated carbocycles. The van der Waals surface area contributed by atoms with Gasteiger partial charge in [-0.15, -0.1) is 0 Å². The van der Waals surface area contributed by atoms with Crippen LogP contribution >= 0.6 is 0 Å². The van der Waals surface area contributed by atoms with Crippen molar-refractivity contribution in [2.75, 3.05) is 35.0 Å². The molecule has 1 aromatic rings. The normalized spacial score (nSPS) is 22.1. The van der Waals surface area contributed by atoms with E-state index >= 15 is 0 Å². The molecule has 0 fully saturated rings. The van der Waals surface area contributed by atoms with Crippen molar-refractivity contribution in [1.29, 1.82) is 0 Å². The van der Waals surface area contributed by atoms with E-state index < -0.39 is 23.4 Å². The highest BCUT2D eigenvalue weighted by Crippen LogP contribution is 2.43. The third kappa shape index (κ3) is 3.04. The molecule has 0 saturated heterocycles. The minimum Gasteiger partial charge on any atom is -0.493 e. The second-order valence-electron chi connectivity index (χ2n) is 5.26. The maximum atomic E-state index is 12.4. The highest BCUT2D eigenvalue weighted by atomic mass is 16.5. The highest BCUT2D eigenvalue weighted by molar-refractivity contribution is 5.88. The summed E-state index contributed by atoms with van der Waals surface area (Å²) in [5, 5.41) is 8.05. The Morgan fingerprint density at radius 1 is 1.12 bits per heavy atom. The van der Waals surface area contributed by atoms with Crippen molar-refractivity contribution in [2.24, 2.45) is 10.2 Å². The summed E-state index contributed by atoms with van der Waals surface area (Å²) >= 11 is 0. The molecule has 1 aromatic carbocycles. The third-order valence-corrected chi connectivity index (χ3v) is 4.08. The average molecular weight is 336 g/mol. The van der Waals surface area contributed by atoms with E-state index in [1.807, 2.05) is 0 Å². The number of carbonyl (C=O) groups excluding carboxylic acids is 2. The van der Waals surface area contributed by atoms with Crippen LogP contribution in [-0.2, 0) is 19.1 Å². The molecule has 2 rings (SSSR count). The molecule has 0 N–H and O–H groups in total. The van der Waals surface area contributed by atoms with Gasteiger partial charge < -0.3 is 18.9 Å². The number of nitrogens with zero attached hydrogens (tertiary/aromatic N) is 2. The Kier molecular flexibility index (Phi) is 5.38. The zero-order valence-corrected chi connectivity index (χ0v) is 14.1. The van der Waals surface area contributed by atoms with Crippen molar-refractivity contribution in [3.63, 3.8) is 0 Å². The summed E-state index contributed by atoms with van der Waals surface area (Å²) in [6.45, 7) is 0.252. The first-order valence-corrected chi connectivity index (χ1v) is 7.28. The van der Waals surface area contributed by atoms with Crippen molar-refractivity contribution in [3.05, 3.63) is 23.8 Å². The van der Waals surface area contributed by atoms with Gasteiger partial charge >= 0.3 is 11.9 Å². The molecular formula is C16H20N2O6. The van der Waals surface area contributed by atoms with Crippen LogP contribution in [-0.4, -0.2) is 52.5 Å². The number of carbonyl (C=O) groups is 2. The van der Waals surface area contributed by atoms with E-state index in [-0.39, 0.29) is 13.0 Å². The van der Waals surface area contributed by atoms with Crippen molar-refractivity contribution >= 4 is 11.9 Å². The summed E-state index contributed by atoms with van der Waals surface area (Å²) in [6.07, 6.45) is -0.251. The number of methoxy groups -OCH3 is 4. The standard InChI is InChI=1S/C16H20N2O6/c1-21-12-6-5-10(7-13(12)22-2)11-9-17-18-16(11,15(20)24-4)8-14(19)23-3/h5-7,11H,8-9H2,1-4H3. The van der Waals surface area contributed by atoms with E-state index in [1.54, 1.807) is 18.2 Å². The molecule has 1 aliphatic rings. The number of hydrogen-bond acceptors (Lipinski definition) is 8. The molecule has 8 nitrogen and oxygen atoms in total. The van der Waals surface area contributed by atoms with Gasteiger partial charge in [0.2, 0.25) is 0 Å². The number of azo groups is 1. The van der Waals surface area contributed by atoms with E-state index in [0.29, 0.717) is 11.5 Å². The number of esters is 2. The first-order chi connectivity index (χ1) is 11.5. The van der Waals surface area contributed by atoms with Gasteiger partial charge in [0.1, 0.15) is 0 Å². The summed E-state index contributed by atoms with van der Waals surface area (Å²) < 4.78 is 20.1. The fourth-order valence-corrected chi connectivity index (χ4v) is 2.80. The molecule has 0 radical (unpaired) electrons. The molecule has 0 aliphatic carbocycles. The van der Waals surface area contributed by atoms with Crippen LogP contribution in [0.3, 0.4) is 0 Å². The van der Waals surface area contributed by atoms with Gasteiger partial charge in [0.25, 0.3) is 0 Å². The fraction of sp³-hybridized carbons (Fsp3) is 0.500. The lowest BCUT2D eigenvalue weighted by molar-refractivity contribution is -0.154. The van der Waals surface area contributed by atoms with Crippen LogP contribution in [0.5, 0.6) is 11.5 Å². The molecule has 0 bridgehead atoms. The van der Waals surface area contributed by atoms with Gasteiger partial charge in [-0.25, -0.2) is 4.79 Å². The monoisotopic (exact) mass is 336 g/mol. The van der Waals surface area contributed by atoms with Crippen LogP contribution in [0.1, 0.15) is 17.9 Å². The maximum absolute atomic E-state index is 12.4. The minimum absolute atomic E-state index is 0.251. The third-order valence-electron chi connectivity index (χ3n) is 4.08. The van der Waals surface area contributed by atoms with Crippen molar-refractivity contribution in [3.8, 4) is 11.5 Å². The lowest BCUT2D eigenvalue weighted by atomic mass is 9.78. The smallest absolute Gasteiger partial charge is 0.337 e. The minimum atomic E-state index is -1.44. The first kappa shape index (κ1) is 17.7. The summed E-state index contributed by atoms with van der Waals surface area (Å²) in [5.74, 6) is -0.590. The van der Waals surface area contributed by atoms with Gasteiger partial charge in [-0.3, -0.25) is 4.79 Å². The Balaban J connectivity index is 2.47. The summed E-state index contributed by atoms with van der Waals surface area (Å²) in [6, 6.07) is 5.26. The molecule has 24 heavy (non-hydrogen) atoms. The predicted octanol–water partition coefficient (Wildman–Crippen LogP) is 1.73. The van der Waals surface area contributed by atoms with E-state index in [0.717, 1.165) is 5.56 Å². The van der Waals surface area contributed by atoms with E-state index in [9.17, 15) is 9.59 Å². The van der Waals surface area contributed by atoms with E-state index in [1.165, 1.54) is 28.4 Å². The van der Waals surface area contributed by atoms with Crippen LogP contribution in [0.25, 0.3) is 0 Å². The Morgan fingerprint density at radius 2 is 1.83 bits per heavy atom. The molecule has 1 heterocycles. The first-order valence-electron chi connectivity index (χ1n) is 7.28. The van der Waals surface area contributed by atoms with Gasteiger partial charge in [0.05, 0.1) is 41.4 Å². The zero-order chi connectivity index (χ0) is 17.7. The van der Waals surface area contributed by atoms with Crippen molar-refractivity contribution < 1.29 is 28.5 Å². The van der Waals surface area contributed by atoms with Crippen molar-refractivity contribution in [1.82, 2.24) is 0 Å². The second kappa shape index (κ2) is 7.29. The van der Waals surface area contributed by atoms with Gasteiger partial charge in [0.15, 0.2) is 17.0 Å². The van der Waals surface area contributed by atoms with Gasteiger partial charge in [-0.1, -0.05) is 6.07 Å². The Bertz CT molecular complexity index is 660. The number of benzene rings is 1. The van der Waals surface area contributed by atoms with Crippen LogP contribution in [0.15, 0.2) is 28.4 Å². The molecule has 2 unspecified atom stereocenters. The molecule has 130 valence electrons. The van der Waals surface area contributed by atoms with E-state index in [2.05, 4.69) is 10.2 Å². The molecule has 1 aliphatic heterocycles. The van der Waals surface area contributed by atoms with Crippen molar-refractivity contribution in [2.45, 2.75) is 17.9 Å². The van der Waals surface area contributed by atoms with E-state index in [4.69, 9.17) is 18.9 Å². The molecular weight excluding hydrogens is 316 g/mol. The second-order valence-corrected chi connectivity index (χ2v) is 5.26. The lowest BCUT2D eigenvalue weighted by Crippen LogP contribution is -2.44. The largest absolute Gasteiger partial charge is 0.493 e. The Labute approximate surface area is 139 Å². The molecule has 0 spiro atoms. The van der Waals surface area contributed by atoms with Crippen LogP contribution in [0, 0.1) is 0 Å². The Hall–Kier alpha value is -2.64. The highest BCUT2D eigenvalue weighted by Gasteiger charge is 2.53. The average Bonchev–Trinajstić information content (AvgIpc) is 3.04. The quantitative estimate of drug-likeness (QED) is 0.734. The molecule has 2 atom stereocenters. The zero-order valence-electron chi connectivity index (χ0n) is 14.1. The SMILES string of the molecule is COC(=O)CC1(C(=O)OC)N=NCC1c1ccc(OC)c(OC)c1. The molecule has 0 aromatic heterocycles. The number of hydrogen-bond donors (Lipinski definition) is 0. The predicted molar refractivity (Wildman–Crippen MR) is 83.4 cm³/mol. The molecule has 0 amide bonds. The van der Waals surface area contributed by atoms with Crippen LogP contribution in [0.2, 0.25) is 0 Å². The topological polar surface area (TPSA) is 95.8 Å². The number of rotatable bonds is 6. The Morgan fingerprint density at radius 3 is 2.42 bits per heavy atom. The maximum Gasteiger partial charge on any atom is 0.337 e. The van der Waals surface area contributed by atoms with Crippen LogP contribution < -0.4 is 9.47 Å². The summed E-state index contributed by atoms with van der Waals surface area (Å²) in [4.78, 5) is 24.2. The summed E-state index contributed by atoms with van der Waals surface area (Å²) in [7, 11) is 5.56. The molecule has 8 heteroatoms. The van der Waals surface area contributed by atoms with Gasteiger partial charge in [0, 0.05) is 5.92 Å².